The fraction of sp³-hybridized carbons (Fsp3) is 0.0667. The number of fused-ring (bicyclic) bond motifs is 2. The zero-order chi connectivity index (χ0) is 20.9. The van der Waals surface area contributed by atoms with E-state index in [1.165, 1.54) is 32.7 Å². The molecular formula is C30H23N. The van der Waals surface area contributed by atoms with Gasteiger partial charge in [0.1, 0.15) is 0 Å². The number of rotatable bonds is 4. The summed E-state index contributed by atoms with van der Waals surface area (Å²) in [7, 11) is 0. The molecule has 1 N–H and O–H groups in total. The fourth-order valence-corrected chi connectivity index (χ4v) is 4.00. The Morgan fingerprint density at radius 3 is 1.71 bits per heavy atom. The Morgan fingerprint density at radius 1 is 0.516 bits per heavy atom. The highest BCUT2D eigenvalue weighted by molar-refractivity contribution is 6.02. The predicted molar refractivity (Wildman–Crippen MR) is 131 cm³/mol. The molecule has 148 valence electrons. The lowest BCUT2D eigenvalue weighted by Gasteiger charge is -2.13. The van der Waals surface area contributed by atoms with Crippen LogP contribution in [0.2, 0.25) is 0 Å². The molecule has 5 aromatic rings. The van der Waals surface area contributed by atoms with E-state index in [4.69, 9.17) is 0 Å². The number of benzene rings is 5. The highest BCUT2D eigenvalue weighted by atomic mass is 14.8. The van der Waals surface area contributed by atoms with Crippen molar-refractivity contribution >= 4 is 21.5 Å². The first-order chi connectivity index (χ1) is 15.4. The van der Waals surface area contributed by atoms with Crippen molar-refractivity contribution in [3.8, 4) is 11.8 Å². The smallest absolute Gasteiger partial charge is 0.0249 e. The number of nitrogens with one attached hydrogen (secondary N) is 1. The monoisotopic (exact) mass is 397 g/mol. The van der Waals surface area contributed by atoms with Crippen LogP contribution in [0.1, 0.15) is 22.3 Å². The van der Waals surface area contributed by atoms with E-state index in [0.717, 1.165) is 24.2 Å². The van der Waals surface area contributed by atoms with Crippen molar-refractivity contribution in [1.82, 2.24) is 5.32 Å². The molecule has 5 aromatic carbocycles. The van der Waals surface area contributed by atoms with Gasteiger partial charge in [0.15, 0.2) is 0 Å². The topological polar surface area (TPSA) is 12.0 Å². The molecule has 0 amide bonds. The first-order valence-electron chi connectivity index (χ1n) is 10.6. The minimum absolute atomic E-state index is 0.823. The van der Waals surface area contributed by atoms with Gasteiger partial charge in [-0.1, -0.05) is 90.7 Å². The van der Waals surface area contributed by atoms with Crippen LogP contribution in [-0.2, 0) is 13.1 Å². The average molecular weight is 398 g/mol. The van der Waals surface area contributed by atoms with Gasteiger partial charge in [0.2, 0.25) is 0 Å². The molecule has 0 saturated carbocycles. The summed E-state index contributed by atoms with van der Waals surface area (Å²) in [4.78, 5) is 0. The molecule has 0 saturated heterocycles. The third-order valence-electron chi connectivity index (χ3n) is 5.59. The molecule has 0 bridgehead atoms. The van der Waals surface area contributed by atoms with E-state index in [9.17, 15) is 0 Å². The van der Waals surface area contributed by atoms with Crippen molar-refractivity contribution in [3.05, 3.63) is 131 Å². The van der Waals surface area contributed by atoms with Gasteiger partial charge in [-0.2, -0.15) is 0 Å². The van der Waals surface area contributed by atoms with E-state index < -0.39 is 0 Å². The molecule has 0 radical (unpaired) electrons. The van der Waals surface area contributed by atoms with Crippen LogP contribution in [0, 0.1) is 11.8 Å². The Kier molecular flexibility index (Phi) is 5.48. The van der Waals surface area contributed by atoms with Gasteiger partial charge in [-0.3, -0.25) is 0 Å². The minimum Gasteiger partial charge on any atom is -0.309 e. The maximum atomic E-state index is 3.64. The van der Waals surface area contributed by atoms with Gasteiger partial charge in [-0.25, -0.2) is 0 Å². The molecule has 0 aliphatic rings. The summed E-state index contributed by atoms with van der Waals surface area (Å²) in [5.74, 6) is 6.45. The Labute approximate surface area is 183 Å². The van der Waals surface area contributed by atoms with Crippen molar-refractivity contribution < 1.29 is 0 Å². The summed E-state index contributed by atoms with van der Waals surface area (Å²) in [6.45, 7) is 1.65. The Morgan fingerprint density at radius 2 is 1.06 bits per heavy atom. The molecule has 0 aliphatic heterocycles. The first kappa shape index (κ1) is 19.1. The Bertz CT molecular complexity index is 1330. The molecule has 0 atom stereocenters. The van der Waals surface area contributed by atoms with Gasteiger partial charge < -0.3 is 5.32 Å². The van der Waals surface area contributed by atoms with Gasteiger partial charge in [0.25, 0.3) is 0 Å². The largest absolute Gasteiger partial charge is 0.309 e. The molecule has 0 aliphatic carbocycles. The third kappa shape index (κ3) is 4.36. The maximum Gasteiger partial charge on any atom is 0.0249 e. The molecule has 1 nitrogen and oxygen atoms in total. The zero-order valence-electron chi connectivity index (χ0n) is 17.3. The normalized spacial score (nSPS) is 10.7. The molecule has 0 aromatic heterocycles. The van der Waals surface area contributed by atoms with E-state index in [2.05, 4.69) is 96.0 Å². The summed E-state index contributed by atoms with van der Waals surface area (Å²) in [6, 6.07) is 38.2. The van der Waals surface area contributed by atoms with Crippen LogP contribution in [0.3, 0.4) is 0 Å². The maximum absolute atomic E-state index is 3.64. The fourth-order valence-electron chi connectivity index (χ4n) is 4.00. The summed E-state index contributed by atoms with van der Waals surface area (Å²) in [5.41, 5.74) is 4.69. The SMILES string of the molecule is C(#Cc1ccc(CNCc2c3ccccc3cc3ccccc23)cc1)c1ccccc1. The summed E-state index contributed by atoms with van der Waals surface area (Å²) >= 11 is 0. The van der Waals surface area contributed by atoms with Crippen LogP contribution in [0.25, 0.3) is 21.5 Å². The average Bonchev–Trinajstić information content (AvgIpc) is 2.84. The van der Waals surface area contributed by atoms with Gasteiger partial charge in [-0.05, 0) is 63.0 Å². The van der Waals surface area contributed by atoms with Crippen molar-refractivity contribution in [2.75, 3.05) is 0 Å². The van der Waals surface area contributed by atoms with E-state index in [0.29, 0.717) is 0 Å². The van der Waals surface area contributed by atoms with Gasteiger partial charge in [-0.15, -0.1) is 0 Å². The summed E-state index contributed by atoms with van der Waals surface area (Å²) < 4.78 is 0. The van der Waals surface area contributed by atoms with E-state index in [-0.39, 0.29) is 0 Å². The molecule has 5 rings (SSSR count). The van der Waals surface area contributed by atoms with Gasteiger partial charge >= 0.3 is 0 Å². The molecule has 0 fully saturated rings. The third-order valence-corrected chi connectivity index (χ3v) is 5.59. The second-order valence-electron chi connectivity index (χ2n) is 7.71. The van der Waals surface area contributed by atoms with Gasteiger partial charge in [0.05, 0.1) is 0 Å². The van der Waals surface area contributed by atoms with Crippen molar-refractivity contribution in [2.24, 2.45) is 0 Å². The van der Waals surface area contributed by atoms with Crippen LogP contribution in [0.5, 0.6) is 0 Å². The molecule has 0 spiro atoms. The summed E-state index contributed by atoms with van der Waals surface area (Å²) in [5, 5.41) is 8.86. The standard InChI is InChI=1S/C30H23N/c1-2-8-23(9-3-1)14-15-24-16-18-25(19-17-24)21-31-22-30-28-12-6-4-10-26(28)20-27-11-5-7-13-29(27)30/h1-13,16-20,31H,21-22H2. The second kappa shape index (κ2) is 8.88. The van der Waals surface area contributed by atoms with Crippen molar-refractivity contribution in [3.63, 3.8) is 0 Å². The molecular weight excluding hydrogens is 374 g/mol. The molecule has 0 heterocycles. The first-order valence-corrected chi connectivity index (χ1v) is 10.6. The van der Waals surface area contributed by atoms with Crippen LogP contribution in [0.4, 0.5) is 0 Å². The number of hydrogen-bond donors (Lipinski definition) is 1. The van der Waals surface area contributed by atoms with Crippen molar-refractivity contribution in [1.29, 1.82) is 0 Å². The zero-order valence-corrected chi connectivity index (χ0v) is 17.3. The van der Waals surface area contributed by atoms with Crippen LogP contribution >= 0.6 is 0 Å². The molecule has 31 heavy (non-hydrogen) atoms. The van der Waals surface area contributed by atoms with Gasteiger partial charge in [0, 0.05) is 24.2 Å². The minimum atomic E-state index is 0.823. The lowest BCUT2D eigenvalue weighted by molar-refractivity contribution is 0.699. The van der Waals surface area contributed by atoms with E-state index >= 15 is 0 Å². The van der Waals surface area contributed by atoms with E-state index in [1.807, 2.05) is 30.3 Å². The highest BCUT2D eigenvalue weighted by Crippen LogP contribution is 2.28. The van der Waals surface area contributed by atoms with E-state index in [1.54, 1.807) is 0 Å². The Hall–Kier alpha value is -3.86. The Balaban J connectivity index is 1.31. The van der Waals surface area contributed by atoms with Crippen LogP contribution < -0.4 is 5.32 Å². The quantitative estimate of drug-likeness (QED) is 0.263. The van der Waals surface area contributed by atoms with Crippen molar-refractivity contribution in [2.45, 2.75) is 13.1 Å². The predicted octanol–water partition coefficient (Wildman–Crippen LogP) is 6.68. The lowest BCUT2D eigenvalue weighted by atomic mass is 9.96. The number of hydrogen-bond acceptors (Lipinski definition) is 1. The molecule has 0 unspecified atom stereocenters. The lowest BCUT2D eigenvalue weighted by Crippen LogP contribution is -2.13. The second-order valence-corrected chi connectivity index (χ2v) is 7.71. The van der Waals surface area contributed by atoms with Crippen LogP contribution in [-0.4, -0.2) is 0 Å². The molecule has 1 heteroatoms. The summed E-state index contributed by atoms with van der Waals surface area (Å²) in [6.07, 6.45) is 0. The highest BCUT2D eigenvalue weighted by Gasteiger charge is 2.07. The van der Waals surface area contributed by atoms with Crippen LogP contribution in [0.15, 0.2) is 109 Å².